The van der Waals surface area contributed by atoms with Gasteiger partial charge in [0, 0.05) is 24.6 Å². The lowest BCUT2D eigenvalue weighted by Crippen LogP contribution is -2.06. The van der Waals surface area contributed by atoms with Crippen LogP contribution in [0.15, 0.2) is 36.4 Å². The van der Waals surface area contributed by atoms with Crippen molar-refractivity contribution in [3.8, 4) is 17.2 Å². The summed E-state index contributed by atoms with van der Waals surface area (Å²) in [6.45, 7) is 2.70. The minimum Gasteiger partial charge on any atom is -0.487 e. The van der Waals surface area contributed by atoms with E-state index in [2.05, 4.69) is 0 Å². The first-order valence-corrected chi connectivity index (χ1v) is 7.37. The lowest BCUT2D eigenvalue weighted by molar-refractivity contribution is -0.385. The fourth-order valence-electron chi connectivity index (χ4n) is 1.96. The maximum Gasteiger partial charge on any atom is 0.311 e. The number of nitro groups is 1. The van der Waals surface area contributed by atoms with Crippen LogP contribution in [0.25, 0.3) is 0 Å². The van der Waals surface area contributed by atoms with Crippen molar-refractivity contribution >= 4 is 17.3 Å². The van der Waals surface area contributed by atoms with Crippen molar-refractivity contribution in [1.29, 1.82) is 0 Å². The van der Waals surface area contributed by atoms with Gasteiger partial charge in [-0.2, -0.15) is 0 Å². The first-order chi connectivity index (χ1) is 11.2. The van der Waals surface area contributed by atoms with E-state index in [1.807, 2.05) is 0 Å². The Bertz CT molecular complexity index is 762. The second-order valence-electron chi connectivity index (χ2n) is 4.96. The van der Waals surface area contributed by atoms with E-state index in [1.165, 1.54) is 30.3 Å². The Morgan fingerprint density at radius 2 is 1.92 bits per heavy atom. The molecule has 0 bridgehead atoms. The van der Waals surface area contributed by atoms with Crippen LogP contribution in [0.4, 0.5) is 14.5 Å². The Morgan fingerprint density at radius 1 is 1.21 bits per heavy atom. The van der Waals surface area contributed by atoms with Crippen molar-refractivity contribution in [2.45, 2.75) is 19.8 Å². The van der Waals surface area contributed by atoms with Gasteiger partial charge in [-0.05, 0) is 31.2 Å². The van der Waals surface area contributed by atoms with Gasteiger partial charge in [0.2, 0.25) is 5.75 Å². The average molecular weight is 358 g/mol. The summed E-state index contributed by atoms with van der Waals surface area (Å²) >= 11 is 5.97. The van der Waals surface area contributed by atoms with Gasteiger partial charge in [0.05, 0.1) is 16.6 Å². The summed E-state index contributed by atoms with van der Waals surface area (Å²) in [5, 5.41) is 10.9. The fraction of sp³-hybridized carbons (Fsp3) is 0.250. The fourth-order valence-corrected chi connectivity index (χ4v) is 2.18. The third-order valence-corrected chi connectivity index (χ3v) is 3.39. The zero-order chi connectivity index (χ0) is 17.9. The highest BCUT2D eigenvalue weighted by molar-refractivity contribution is 6.32. The Labute approximate surface area is 141 Å². The van der Waals surface area contributed by atoms with Crippen LogP contribution in [-0.2, 0) is 5.92 Å². The normalized spacial score (nSPS) is 11.2. The Kier molecular flexibility index (Phi) is 5.23. The van der Waals surface area contributed by atoms with Crippen molar-refractivity contribution in [3.05, 3.63) is 57.1 Å². The molecule has 0 fully saturated rings. The number of nitro benzene ring substituents is 1. The maximum absolute atomic E-state index is 13.3. The number of nitrogens with zero attached hydrogens (tertiary/aromatic N) is 1. The Morgan fingerprint density at radius 3 is 2.46 bits per heavy atom. The summed E-state index contributed by atoms with van der Waals surface area (Å²) < 4.78 is 37.3. The monoisotopic (exact) mass is 357 g/mol. The van der Waals surface area contributed by atoms with Gasteiger partial charge in [0.25, 0.3) is 5.92 Å². The second-order valence-corrected chi connectivity index (χ2v) is 5.36. The molecule has 128 valence electrons. The van der Waals surface area contributed by atoms with Gasteiger partial charge >= 0.3 is 5.69 Å². The third-order valence-electron chi connectivity index (χ3n) is 3.09. The van der Waals surface area contributed by atoms with Crippen LogP contribution in [0.5, 0.6) is 17.2 Å². The molecule has 0 aromatic heterocycles. The quantitative estimate of drug-likeness (QED) is 0.502. The Hall–Kier alpha value is -2.41. The number of ether oxygens (including phenoxy) is 2. The minimum atomic E-state index is -3.02. The molecule has 0 radical (unpaired) electrons. The molecular formula is C16H14ClF2NO4. The molecule has 0 N–H and O–H groups in total. The Balaban J connectivity index is 2.31. The minimum absolute atomic E-state index is 0.00494. The zero-order valence-corrected chi connectivity index (χ0v) is 13.6. The SMILES string of the molecule is CCOc1cc(Oc2ccc(C(C)(F)F)cc2Cl)ccc1[N+](=O)[O-]. The number of alkyl halides is 2. The van der Waals surface area contributed by atoms with Gasteiger partial charge in [-0.15, -0.1) is 0 Å². The summed E-state index contributed by atoms with van der Waals surface area (Å²) in [7, 11) is 0. The lowest BCUT2D eigenvalue weighted by atomic mass is 10.1. The molecule has 0 unspecified atom stereocenters. The van der Waals surface area contributed by atoms with E-state index in [1.54, 1.807) is 6.92 Å². The molecule has 0 aliphatic carbocycles. The molecule has 2 aromatic carbocycles. The van der Waals surface area contributed by atoms with Gasteiger partial charge in [0.15, 0.2) is 0 Å². The lowest BCUT2D eigenvalue weighted by Gasteiger charge is -2.14. The second kappa shape index (κ2) is 7.00. The number of hydrogen-bond donors (Lipinski definition) is 0. The molecule has 0 saturated heterocycles. The topological polar surface area (TPSA) is 61.6 Å². The summed E-state index contributed by atoms with van der Waals surface area (Å²) in [4.78, 5) is 10.4. The molecule has 24 heavy (non-hydrogen) atoms. The molecule has 0 heterocycles. The molecular weight excluding hydrogens is 344 g/mol. The predicted octanol–water partition coefficient (Wildman–Crippen LogP) is 5.55. The highest BCUT2D eigenvalue weighted by atomic mass is 35.5. The number of benzene rings is 2. The van der Waals surface area contributed by atoms with Crippen molar-refractivity contribution in [3.63, 3.8) is 0 Å². The summed E-state index contributed by atoms with van der Waals surface area (Å²) in [5.74, 6) is -2.58. The largest absolute Gasteiger partial charge is 0.487 e. The maximum atomic E-state index is 13.3. The number of hydrogen-bond acceptors (Lipinski definition) is 4. The summed E-state index contributed by atoms with van der Waals surface area (Å²) in [5.41, 5.74) is -0.435. The predicted molar refractivity (Wildman–Crippen MR) is 85.4 cm³/mol. The van der Waals surface area contributed by atoms with E-state index < -0.39 is 10.8 Å². The van der Waals surface area contributed by atoms with E-state index in [4.69, 9.17) is 21.1 Å². The van der Waals surface area contributed by atoms with Crippen LogP contribution < -0.4 is 9.47 Å². The van der Waals surface area contributed by atoms with Crippen LogP contribution in [-0.4, -0.2) is 11.5 Å². The molecule has 0 spiro atoms. The number of rotatable bonds is 6. The van der Waals surface area contributed by atoms with Gasteiger partial charge in [-0.25, -0.2) is 8.78 Å². The van der Waals surface area contributed by atoms with Crippen LogP contribution >= 0.6 is 11.6 Å². The molecule has 0 amide bonds. The molecule has 8 heteroatoms. The van der Waals surface area contributed by atoms with E-state index >= 15 is 0 Å². The van der Waals surface area contributed by atoms with E-state index in [9.17, 15) is 18.9 Å². The molecule has 2 rings (SSSR count). The van der Waals surface area contributed by atoms with Crippen LogP contribution in [0.3, 0.4) is 0 Å². The molecule has 0 aliphatic heterocycles. The molecule has 2 aromatic rings. The van der Waals surface area contributed by atoms with Crippen molar-refractivity contribution in [1.82, 2.24) is 0 Å². The number of halogens is 3. The van der Waals surface area contributed by atoms with Crippen LogP contribution in [0.1, 0.15) is 19.4 Å². The molecule has 0 aliphatic rings. The van der Waals surface area contributed by atoms with Gasteiger partial charge in [0.1, 0.15) is 11.5 Å². The van der Waals surface area contributed by atoms with Gasteiger partial charge in [-0.1, -0.05) is 11.6 Å². The highest BCUT2D eigenvalue weighted by Gasteiger charge is 2.25. The summed E-state index contributed by atoms with van der Waals surface area (Å²) in [6.07, 6.45) is 0. The van der Waals surface area contributed by atoms with Crippen molar-refractivity contribution in [2.24, 2.45) is 0 Å². The smallest absolute Gasteiger partial charge is 0.311 e. The highest BCUT2D eigenvalue weighted by Crippen LogP contribution is 2.37. The van der Waals surface area contributed by atoms with Crippen LogP contribution in [0.2, 0.25) is 5.02 Å². The van der Waals surface area contributed by atoms with E-state index in [0.29, 0.717) is 0 Å². The van der Waals surface area contributed by atoms with E-state index in [-0.39, 0.29) is 40.1 Å². The average Bonchev–Trinajstić information content (AvgIpc) is 2.48. The van der Waals surface area contributed by atoms with Crippen molar-refractivity contribution < 1.29 is 23.2 Å². The van der Waals surface area contributed by atoms with E-state index in [0.717, 1.165) is 13.0 Å². The van der Waals surface area contributed by atoms with Crippen LogP contribution in [0, 0.1) is 10.1 Å². The first kappa shape index (κ1) is 17.9. The molecule has 0 atom stereocenters. The summed E-state index contributed by atoms with van der Waals surface area (Å²) in [6, 6.07) is 7.60. The van der Waals surface area contributed by atoms with Crippen molar-refractivity contribution in [2.75, 3.05) is 6.61 Å². The first-order valence-electron chi connectivity index (χ1n) is 6.99. The standard InChI is InChI=1S/C16H14ClF2NO4/c1-3-23-15-9-11(5-6-13(15)20(21)22)24-14-7-4-10(8-12(14)17)16(2,18)19/h4-9H,3H2,1-2H3. The van der Waals surface area contributed by atoms with Gasteiger partial charge < -0.3 is 9.47 Å². The van der Waals surface area contributed by atoms with Gasteiger partial charge in [-0.3, -0.25) is 10.1 Å². The molecule has 5 nitrogen and oxygen atoms in total. The zero-order valence-electron chi connectivity index (χ0n) is 12.9. The molecule has 0 saturated carbocycles. The third kappa shape index (κ3) is 4.11.